The number of imide groups is 1. The van der Waals surface area contributed by atoms with Crippen LogP contribution < -0.4 is 0 Å². The molecule has 0 atom stereocenters. The van der Waals surface area contributed by atoms with Crippen LogP contribution in [0.1, 0.15) is 18.4 Å². The second-order valence-electron chi connectivity index (χ2n) is 5.41. The summed E-state index contributed by atoms with van der Waals surface area (Å²) >= 11 is 6.02. The molecule has 1 aromatic carbocycles. The SMILES string of the molecule is O=C(/C=C/c1ccccc1Cl)N1CC(N2C(=O)CCC2=O)C1. The zero-order valence-electron chi connectivity index (χ0n) is 11.9. The van der Waals surface area contributed by atoms with Gasteiger partial charge < -0.3 is 4.90 Å². The number of carbonyl (C=O) groups excluding carboxylic acids is 3. The molecular weight excluding hydrogens is 304 g/mol. The van der Waals surface area contributed by atoms with Gasteiger partial charge in [0.2, 0.25) is 17.7 Å². The number of amides is 3. The van der Waals surface area contributed by atoms with Gasteiger partial charge in [0.1, 0.15) is 0 Å². The third-order valence-electron chi connectivity index (χ3n) is 3.94. The van der Waals surface area contributed by atoms with Gasteiger partial charge in [-0.25, -0.2) is 0 Å². The van der Waals surface area contributed by atoms with E-state index in [0.717, 1.165) is 5.56 Å². The summed E-state index contributed by atoms with van der Waals surface area (Å²) in [7, 11) is 0. The first-order valence-corrected chi connectivity index (χ1v) is 7.50. The van der Waals surface area contributed by atoms with E-state index in [1.165, 1.54) is 11.0 Å². The summed E-state index contributed by atoms with van der Waals surface area (Å²) in [6.45, 7) is 0.812. The molecular formula is C16H15ClN2O3. The number of carbonyl (C=O) groups is 3. The highest BCUT2D eigenvalue weighted by atomic mass is 35.5. The van der Waals surface area contributed by atoms with Gasteiger partial charge in [-0.05, 0) is 17.7 Å². The minimum atomic E-state index is -0.167. The molecule has 2 aliphatic rings. The molecule has 114 valence electrons. The van der Waals surface area contributed by atoms with Crippen molar-refractivity contribution in [1.29, 1.82) is 0 Å². The minimum Gasteiger partial charge on any atom is -0.335 e. The summed E-state index contributed by atoms with van der Waals surface area (Å²) in [5, 5.41) is 0.585. The van der Waals surface area contributed by atoms with Gasteiger partial charge in [-0.2, -0.15) is 0 Å². The lowest BCUT2D eigenvalue weighted by atomic mass is 10.1. The molecule has 2 fully saturated rings. The minimum absolute atomic E-state index is 0.131. The Labute approximate surface area is 133 Å². The second-order valence-corrected chi connectivity index (χ2v) is 5.82. The van der Waals surface area contributed by atoms with Gasteiger partial charge in [-0.1, -0.05) is 29.8 Å². The van der Waals surface area contributed by atoms with E-state index in [2.05, 4.69) is 0 Å². The van der Waals surface area contributed by atoms with Crippen molar-refractivity contribution in [3.05, 3.63) is 40.9 Å². The first-order valence-electron chi connectivity index (χ1n) is 7.12. The molecule has 0 saturated carbocycles. The molecule has 2 heterocycles. The third-order valence-corrected chi connectivity index (χ3v) is 4.28. The summed E-state index contributed by atoms with van der Waals surface area (Å²) in [6.07, 6.45) is 3.71. The van der Waals surface area contributed by atoms with Crippen LogP contribution in [0.5, 0.6) is 0 Å². The smallest absolute Gasteiger partial charge is 0.246 e. The number of nitrogens with zero attached hydrogens (tertiary/aromatic N) is 2. The van der Waals surface area contributed by atoms with E-state index in [-0.39, 0.29) is 36.6 Å². The van der Waals surface area contributed by atoms with Gasteiger partial charge in [0.15, 0.2) is 0 Å². The van der Waals surface area contributed by atoms with Crippen LogP contribution in [0.4, 0.5) is 0 Å². The van der Waals surface area contributed by atoms with Crippen LogP contribution >= 0.6 is 11.6 Å². The lowest BCUT2D eigenvalue weighted by Gasteiger charge is -2.42. The Morgan fingerprint density at radius 2 is 1.77 bits per heavy atom. The fraction of sp³-hybridized carbons (Fsp3) is 0.312. The number of halogens is 1. The Morgan fingerprint density at radius 1 is 1.14 bits per heavy atom. The summed E-state index contributed by atoms with van der Waals surface area (Å²) in [4.78, 5) is 38.2. The highest BCUT2D eigenvalue weighted by Gasteiger charge is 2.42. The largest absolute Gasteiger partial charge is 0.335 e. The van der Waals surface area contributed by atoms with E-state index >= 15 is 0 Å². The lowest BCUT2D eigenvalue weighted by molar-refractivity contribution is -0.149. The Kier molecular flexibility index (Phi) is 3.98. The van der Waals surface area contributed by atoms with Crippen LogP contribution in [0.3, 0.4) is 0 Å². The maximum atomic E-state index is 12.0. The molecule has 5 nitrogen and oxygen atoms in total. The van der Waals surface area contributed by atoms with E-state index < -0.39 is 0 Å². The van der Waals surface area contributed by atoms with E-state index in [9.17, 15) is 14.4 Å². The predicted octanol–water partition coefficient (Wildman–Crippen LogP) is 1.71. The van der Waals surface area contributed by atoms with Crippen LogP contribution in [-0.2, 0) is 14.4 Å². The first kappa shape index (κ1) is 14.8. The Bertz CT molecular complexity index is 649. The van der Waals surface area contributed by atoms with Crippen LogP contribution in [-0.4, -0.2) is 46.7 Å². The zero-order chi connectivity index (χ0) is 15.7. The van der Waals surface area contributed by atoms with Gasteiger partial charge in [-0.15, -0.1) is 0 Å². The van der Waals surface area contributed by atoms with Gasteiger partial charge in [0.25, 0.3) is 0 Å². The van der Waals surface area contributed by atoms with Crippen LogP contribution in [0.15, 0.2) is 30.3 Å². The molecule has 3 rings (SSSR count). The van der Waals surface area contributed by atoms with Gasteiger partial charge in [0.05, 0.1) is 6.04 Å². The van der Waals surface area contributed by atoms with Crippen LogP contribution in [0.2, 0.25) is 5.02 Å². The van der Waals surface area contributed by atoms with E-state index in [4.69, 9.17) is 11.6 Å². The quantitative estimate of drug-likeness (QED) is 0.630. The number of rotatable bonds is 3. The highest BCUT2D eigenvalue weighted by Crippen LogP contribution is 2.23. The topological polar surface area (TPSA) is 57.7 Å². The average molecular weight is 319 g/mol. The van der Waals surface area contributed by atoms with Crippen molar-refractivity contribution in [3.8, 4) is 0 Å². The van der Waals surface area contributed by atoms with E-state index in [1.54, 1.807) is 17.0 Å². The van der Waals surface area contributed by atoms with E-state index in [1.807, 2.05) is 18.2 Å². The normalized spacial score (nSPS) is 19.1. The second kappa shape index (κ2) is 5.93. The standard InChI is InChI=1S/C16H15ClN2O3/c17-13-4-2-1-3-11(13)5-6-14(20)18-9-12(10-18)19-15(21)7-8-16(19)22/h1-6,12H,7-10H2/b6-5+. The van der Waals surface area contributed by atoms with Gasteiger partial charge in [-0.3, -0.25) is 19.3 Å². The van der Waals surface area contributed by atoms with Crippen molar-refractivity contribution in [2.45, 2.75) is 18.9 Å². The maximum Gasteiger partial charge on any atom is 0.246 e. The summed E-state index contributed by atoms with van der Waals surface area (Å²) in [5.74, 6) is -0.405. The summed E-state index contributed by atoms with van der Waals surface area (Å²) in [5.41, 5.74) is 0.777. The number of hydrogen-bond acceptors (Lipinski definition) is 3. The Hall–Kier alpha value is -2.14. The van der Waals surface area contributed by atoms with Crippen molar-refractivity contribution in [2.75, 3.05) is 13.1 Å². The molecule has 0 bridgehead atoms. The van der Waals surface area contributed by atoms with Crippen molar-refractivity contribution < 1.29 is 14.4 Å². The van der Waals surface area contributed by atoms with Gasteiger partial charge in [0, 0.05) is 37.0 Å². The van der Waals surface area contributed by atoms with Crippen LogP contribution in [0.25, 0.3) is 6.08 Å². The summed E-state index contributed by atoms with van der Waals surface area (Å²) in [6, 6.07) is 7.09. The van der Waals surface area contributed by atoms with Crippen molar-refractivity contribution in [3.63, 3.8) is 0 Å². The molecule has 0 unspecified atom stereocenters. The number of benzene rings is 1. The van der Waals surface area contributed by atoms with Gasteiger partial charge >= 0.3 is 0 Å². The van der Waals surface area contributed by atoms with Crippen molar-refractivity contribution in [2.24, 2.45) is 0 Å². The molecule has 22 heavy (non-hydrogen) atoms. The molecule has 0 spiro atoms. The maximum absolute atomic E-state index is 12.0. The van der Waals surface area contributed by atoms with Crippen LogP contribution in [0, 0.1) is 0 Å². The highest BCUT2D eigenvalue weighted by molar-refractivity contribution is 6.32. The molecule has 0 aliphatic carbocycles. The molecule has 0 N–H and O–H groups in total. The molecule has 6 heteroatoms. The lowest BCUT2D eigenvalue weighted by Crippen LogP contribution is -2.61. The molecule has 0 radical (unpaired) electrons. The van der Waals surface area contributed by atoms with Crippen molar-refractivity contribution >= 4 is 35.4 Å². The third kappa shape index (κ3) is 2.76. The predicted molar refractivity (Wildman–Crippen MR) is 81.9 cm³/mol. The molecule has 1 aromatic rings. The molecule has 0 aromatic heterocycles. The zero-order valence-corrected chi connectivity index (χ0v) is 12.6. The van der Waals surface area contributed by atoms with E-state index in [0.29, 0.717) is 18.1 Å². The fourth-order valence-corrected chi connectivity index (χ4v) is 2.88. The number of likely N-dealkylation sites (tertiary alicyclic amines) is 2. The molecule has 3 amide bonds. The summed E-state index contributed by atoms with van der Waals surface area (Å²) < 4.78 is 0. The van der Waals surface area contributed by atoms with Crippen molar-refractivity contribution in [1.82, 2.24) is 9.80 Å². The molecule has 2 aliphatic heterocycles. The first-order chi connectivity index (χ1) is 10.6. The molecule has 2 saturated heterocycles. The number of hydrogen-bond donors (Lipinski definition) is 0. The fourth-order valence-electron chi connectivity index (χ4n) is 2.68. The average Bonchev–Trinajstić information content (AvgIpc) is 2.77. The monoisotopic (exact) mass is 318 g/mol. The Morgan fingerprint density at radius 3 is 2.41 bits per heavy atom. The Balaban J connectivity index is 1.57.